The molecule has 3 aromatic rings. The quantitative estimate of drug-likeness (QED) is 0.0700. The lowest BCUT2D eigenvalue weighted by atomic mass is 9.84. The first kappa shape index (κ1) is 65.5. The van der Waals surface area contributed by atoms with Crippen LogP contribution in [0, 0.1) is 13.8 Å². The molecule has 1 aliphatic heterocycles. The Kier molecular flexibility index (Phi) is 35.0. The predicted molar refractivity (Wildman–Crippen MR) is 295 cm³/mol. The monoisotopic (exact) mass is 1140 g/mol. The van der Waals surface area contributed by atoms with E-state index in [9.17, 15) is 9.59 Å². The summed E-state index contributed by atoms with van der Waals surface area (Å²) in [6.07, 6.45) is 8.90. The normalized spacial score (nSPS) is 17.9. The minimum Gasteiger partial charge on any atom is -0.377 e. The Bertz CT molecular complexity index is 1980. The Morgan fingerprint density at radius 2 is 1.18 bits per heavy atom. The average Bonchev–Trinajstić information content (AvgIpc) is 4.07. The molecule has 2 aromatic heterocycles. The van der Waals surface area contributed by atoms with E-state index in [0.717, 1.165) is 55.7 Å². The first-order valence-electron chi connectivity index (χ1n) is 28.1. The van der Waals surface area contributed by atoms with Crippen LogP contribution in [0.2, 0.25) is 5.02 Å². The van der Waals surface area contributed by atoms with Crippen LogP contribution in [0.25, 0.3) is 0 Å². The molecule has 3 heterocycles. The van der Waals surface area contributed by atoms with Crippen molar-refractivity contribution in [2.45, 2.75) is 109 Å². The molecule has 2 aliphatic rings. The van der Waals surface area contributed by atoms with Gasteiger partial charge in [0.2, 0.25) is 5.91 Å². The van der Waals surface area contributed by atoms with Gasteiger partial charge in [-0.25, -0.2) is 9.67 Å². The van der Waals surface area contributed by atoms with Crippen molar-refractivity contribution >= 4 is 34.8 Å². The van der Waals surface area contributed by atoms with Gasteiger partial charge >= 0.3 is 0 Å². The number of aromatic nitrogens is 4. The highest BCUT2D eigenvalue weighted by Gasteiger charge is 2.38. The third-order valence-corrected chi connectivity index (χ3v) is 14.6. The van der Waals surface area contributed by atoms with Crippen molar-refractivity contribution < 1.29 is 66.4 Å². The van der Waals surface area contributed by atoms with E-state index in [1.54, 1.807) is 4.68 Å². The van der Waals surface area contributed by atoms with Gasteiger partial charge in [0.05, 0.1) is 182 Å². The SMILES string of the molecule is CCCCC(=O)NCCOCCOCCOCCOCCOCCOCCOCCOCCOCCOCCOCCn1cc(CNC(=O)C2CN(C3CCC(c4nc(C)c(C)s4)CC3)C(Cc3ccc(Cl)cc3)CO2)nn1. The average molecular weight is 1140 g/mol. The summed E-state index contributed by atoms with van der Waals surface area (Å²) in [5.41, 5.74) is 3.02. The van der Waals surface area contributed by atoms with E-state index in [1.165, 1.54) is 15.4 Å². The van der Waals surface area contributed by atoms with Crippen LogP contribution >= 0.6 is 22.9 Å². The van der Waals surface area contributed by atoms with Gasteiger partial charge in [-0.05, 0) is 70.1 Å². The largest absolute Gasteiger partial charge is 0.377 e. The number of nitrogens with one attached hydrogen (secondary N) is 2. The number of morpholine rings is 1. The lowest BCUT2D eigenvalue weighted by Gasteiger charge is -2.45. The number of ether oxygens (including phenoxy) is 12. The number of halogens is 1. The van der Waals surface area contributed by atoms with Crippen molar-refractivity contribution in [1.82, 2.24) is 35.5 Å². The van der Waals surface area contributed by atoms with Crippen molar-refractivity contribution in [1.29, 1.82) is 0 Å². The molecule has 2 N–H and O–H groups in total. The topological polar surface area (TPSA) is 216 Å². The molecule has 23 heteroatoms. The predicted octanol–water partition coefficient (Wildman–Crippen LogP) is 5.15. The van der Waals surface area contributed by atoms with Crippen molar-refractivity contribution in [2.75, 3.05) is 165 Å². The summed E-state index contributed by atoms with van der Waals surface area (Å²) in [5.74, 6) is 0.430. The fourth-order valence-corrected chi connectivity index (χ4v) is 9.90. The minimum absolute atomic E-state index is 0.0736. The standard InChI is InChI=1S/C55H90ClN7O14S/c1-4-5-6-53(64)57-15-17-66-19-21-68-23-25-70-27-29-72-31-33-74-35-37-76-38-36-75-34-32-73-30-28-71-26-24-69-22-20-67-18-16-62-41-49(60-61-62)40-58-54(65)52-42-63(51(43-77-52)39-46-7-11-48(56)12-8-46)50-13-9-47(10-14-50)55-59-44(2)45(3)78-55/h7-8,11-12,41,47,50-52H,4-6,9-10,13-40,42-43H2,1-3H3,(H,57,64)(H,58,65). The molecule has 1 aromatic carbocycles. The second kappa shape index (κ2) is 41.7. The number of nitrogens with zero attached hydrogens (tertiary/aromatic N) is 5. The second-order valence-electron chi connectivity index (χ2n) is 19.1. The molecule has 2 atom stereocenters. The number of hydrogen-bond acceptors (Lipinski definition) is 19. The van der Waals surface area contributed by atoms with Gasteiger partial charge in [0, 0.05) is 47.4 Å². The highest BCUT2D eigenvalue weighted by molar-refractivity contribution is 7.11. The first-order valence-corrected chi connectivity index (χ1v) is 29.3. The highest BCUT2D eigenvalue weighted by atomic mass is 35.5. The molecule has 78 heavy (non-hydrogen) atoms. The molecule has 0 bridgehead atoms. The van der Waals surface area contributed by atoms with E-state index < -0.39 is 6.10 Å². The molecule has 21 nitrogen and oxygen atoms in total. The summed E-state index contributed by atoms with van der Waals surface area (Å²) in [4.78, 5) is 33.8. The van der Waals surface area contributed by atoms with E-state index >= 15 is 0 Å². The van der Waals surface area contributed by atoms with Crippen LogP contribution < -0.4 is 10.6 Å². The van der Waals surface area contributed by atoms with E-state index in [2.05, 4.69) is 58.7 Å². The molecule has 1 aliphatic carbocycles. The van der Waals surface area contributed by atoms with Crippen molar-refractivity contribution in [2.24, 2.45) is 0 Å². The molecule has 0 radical (unpaired) electrons. The van der Waals surface area contributed by atoms with Gasteiger partial charge in [0.25, 0.3) is 5.91 Å². The smallest absolute Gasteiger partial charge is 0.250 e. The van der Waals surface area contributed by atoms with E-state index in [0.29, 0.717) is 196 Å². The number of thiazole rings is 1. The van der Waals surface area contributed by atoms with Crippen molar-refractivity contribution in [3.05, 3.63) is 62.3 Å². The number of carbonyl (C=O) groups is 2. The molecule has 1 saturated carbocycles. The van der Waals surface area contributed by atoms with Gasteiger partial charge < -0.3 is 67.5 Å². The zero-order valence-corrected chi connectivity index (χ0v) is 48.3. The Morgan fingerprint density at radius 1 is 0.679 bits per heavy atom. The van der Waals surface area contributed by atoms with Crippen LogP contribution in [0.5, 0.6) is 0 Å². The summed E-state index contributed by atoms with van der Waals surface area (Å²) in [5, 5.41) is 16.3. The van der Waals surface area contributed by atoms with E-state index in [-0.39, 0.29) is 24.4 Å². The number of hydrogen-bond donors (Lipinski definition) is 2. The number of benzene rings is 1. The molecule has 2 fully saturated rings. The second-order valence-corrected chi connectivity index (χ2v) is 20.8. The van der Waals surface area contributed by atoms with Crippen LogP contribution in [0.1, 0.15) is 84.6 Å². The van der Waals surface area contributed by atoms with Gasteiger partial charge in [0.1, 0.15) is 11.8 Å². The van der Waals surface area contributed by atoms with Gasteiger partial charge in [-0.3, -0.25) is 14.5 Å². The van der Waals surface area contributed by atoms with Gasteiger partial charge in [-0.2, -0.15) is 0 Å². The van der Waals surface area contributed by atoms with Crippen molar-refractivity contribution in [3.8, 4) is 0 Å². The lowest BCUT2D eigenvalue weighted by molar-refractivity contribution is -0.145. The number of unbranched alkanes of at least 4 members (excludes halogenated alkanes) is 1. The number of amides is 2. The Balaban J connectivity index is 0.751. The molecule has 2 unspecified atom stereocenters. The molecular weight excluding hydrogens is 1050 g/mol. The van der Waals surface area contributed by atoms with Crippen molar-refractivity contribution in [3.63, 3.8) is 0 Å². The minimum atomic E-state index is -0.573. The number of rotatable bonds is 46. The molecule has 442 valence electrons. The maximum atomic E-state index is 13.5. The fraction of sp³-hybridized carbons (Fsp3) is 0.764. The summed E-state index contributed by atoms with van der Waals surface area (Å²) < 4.78 is 69.0. The van der Waals surface area contributed by atoms with Crippen LogP contribution in [0.3, 0.4) is 0 Å². The summed E-state index contributed by atoms with van der Waals surface area (Å²) in [6, 6.07) is 8.57. The third kappa shape index (κ3) is 28.4. The van der Waals surface area contributed by atoms with Crippen LogP contribution in [-0.2, 0) is 85.9 Å². The Hall–Kier alpha value is -3.30. The molecular formula is C55H90ClN7O14S. The van der Waals surface area contributed by atoms with Gasteiger partial charge in [0.15, 0.2) is 0 Å². The zero-order chi connectivity index (χ0) is 55.1. The Morgan fingerprint density at radius 3 is 1.67 bits per heavy atom. The molecule has 2 amide bonds. The molecule has 1 saturated heterocycles. The Labute approximate surface area is 471 Å². The molecule has 5 rings (SSSR count). The van der Waals surface area contributed by atoms with Crippen LogP contribution in [0.4, 0.5) is 0 Å². The van der Waals surface area contributed by atoms with Gasteiger partial charge in [-0.1, -0.05) is 42.3 Å². The number of aryl methyl sites for hydroxylation is 2. The van der Waals surface area contributed by atoms with Crippen LogP contribution in [-0.4, -0.2) is 220 Å². The zero-order valence-electron chi connectivity index (χ0n) is 46.7. The molecule has 0 spiro atoms. The summed E-state index contributed by atoms with van der Waals surface area (Å²) in [7, 11) is 0. The van der Waals surface area contributed by atoms with E-state index in [4.69, 9.17) is 73.4 Å². The van der Waals surface area contributed by atoms with Crippen LogP contribution in [0.15, 0.2) is 30.5 Å². The number of carbonyl (C=O) groups excluding carboxylic acids is 2. The fourth-order valence-electron chi connectivity index (χ4n) is 8.69. The lowest BCUT2D eigenvalue weighted by Crippen LogP contribution is -2.58. The van der Waals surface area contributed by atoms with E-state index in [1.807, 2.05) is 29.7 Å². The summed E-state index contributed by atoms with van der Waals surface area (Å²) >= 11 is 8.03. The maximum Gasteiger partial charge on any atom is 0.250 e. The van der Waals surface area contributed by atoms with Gasteiger partial charge in [-0.15, -0.1) is 16.4 Å². The third-order valence-electron chi connectivity index (χ3n) is 13.1. The maximum absolute atomic E-state index is 13.5. The summed E-state index contributed by atoms with van der Waals surface area (Å²) in [6.45, 7) is 19.1. The highest BCUT2D eigenvalue weighted by Crippen LogP contribution is 2.38. The first-order chi connectivity index (χ1) is 38.3.